The molecule has 0 aliphatic carbocycles. The van der Waals surface area contributed by atoms with Crippen LogP contribution in [0.2, 0.25) is 0 Å². The first kappa shape index (κ1) is 72.1. The van der Waals surface area contributed by atoms with Crippen molar-refractivity contribution >= 4 is 17.9 Å². The molecule has 0 aliphatic heterocycles. The number of esters is 3. The fourth-order valence-electron chi connectivity index (χ4n) is 9.61. The van der Waals surface area contributed by atoms with Gasteiger partial charge < -0.3 is 14.2 Å². The Bertz CT molecular complexity index is 1340. The summed E-state index contributed by atoms with van der Waals surface area (Å²) in [6.45, 7) is 6.57. The van der Waals surface area contributed by atoms with Crippen LogP contribution in [0.4, 0.5) is 0 Å². The first-order valence-electron chi connectivity index (χ1n) is 32.8. The van der Waals surface area contributed by atoms with Crippen LogP contribution >= 0.6 is 0 Å². The van der Waals surface area contributed by atoms with Crippen LogP contribution in [-0.2, 0) is 28.6 Å². The highest BCUT2D eigenvalue weighted by Crippen LogP contribution is 2.17. The highest BCUT2D eigenvalue weighted by molar-refractivity contribution is 5.71. The molecule has 0 fully saturated rings. The topological polar surface area (TPSA) is 78.9 Å². The van der Waals surface area contributed by atoms with Gasteiger partial charge in [0.05, 0.1) is 0 Å². The van der Waals surface area contributed by atoms with E-state index in [4.69, 9.17) is 14.2 Å². The van der Waals surface area contributed by atoms with Gasteiger partial charge in [0, 0.05) is 19.3 Å². The average molecular weight is 1050 g/mol. The van der Waals surface area contributed by atoms with Gasteiger partial charge in [-0.05, 0) is 83.5 Å². The van der Waals surface area contributed by atoms with E-state index in [2.05, 4.69) is 81.5 Å². The lowest BCUT2D eigenvalue weighted by Gasteiger charge is -2.18. The van der Waals surface area contributed by atoms with Gasteiger partial charge in [0.15, 0.2) is 6.10 Å². The van der Waals surface area contributed by atoms with E-state index in [1.165, 1.54) is 205 Å². The van der Waals surface area contributed by atoms with Crippen molar-refractivity contribution in [3.63, 3.8) is 0 Å². The molecule has 6 nitrogen and oxygen atoms in total. The predicted octanol–water partition coefficient (Wildman–Crippen LogP) is 22.3. The van der Waals surface area contributed by atoms with Crippen LogP contribution < -0.4 is 0 Å². The summed E-state index contributed by atoms with van der Waals surface area (Å²) in [5, 5.41) is 0. The lowest BCUT2D eigenvalue weighted by molar-refractivity contribution is -0.167. The highest BCUT2D eigenvalue weighted by atomic mass is 16.6. The number of rotatable bonds is 60. The largest absolute Gasteiger partial charge is 0.462 e. The van der Waals surface area contributed by atoms with E-state index >= 15 is 0 Å². The maximum Gasteiger partial charge on any atom is 0.306 e. The monoisotopic (exact) mass is 1050 g/mol. The molecule has 0 rings (SSSR count). The van der Waals surface area contributed by atoms with Crippen molar-refractivity contribution in [3.05, 3.63) is 60.8 Å². The Kier molecular flexibility index (Phi) is 61.2. The first-order valence-corrected chi connectivity index (χ1v) is 32.8. The Morgan fingerprint density at radius 3 is 0.827 bits per heavy atom. The van der Waals surface area contributed by atoms with Gasteiger partial charge in [0.25, 0.3) is 0 Å². The van der Waals surface area contributed by atoms with Crippen LogP contribution in [0.3, 0.4) is 0 Å². The van der Waals surface area contributed by atoms with Gasteiger partial charge >= 0.3 is 17.9 Å². The third kappa shape index (κ3) is 61.8. The van der Waals surface area contributed by atoms with E-state index < -0.39 is 6.10 Å². The number of hydrogen-bond acceptors (Lipinski definition) is 6. The normalized spacial score (nSPS) is 12.4. The van der Waals surface area contributed by atoms with Crippen molar-refractivity contribution in [3.8, 4) is 0 Å². The summed E-state index contributed by atoms with van der Waals surface area (Å²) in [7, 11) is 0. The summed E-state index contributed by atoms with van der Waals surface area (Å²) in [4.78, 5) is 38.4. The molecule has 1 unspecified atom stereocenters. The zero-order valence-electron chi connectivity index (χ0n) is 50.1. The molecule has 0 bridgehead atoms. The predicted molar refractivity (Wildman–Crippen MR) is 325 cm³/mol. The third-order valence-corrected chi connectivity index (χ3v) is 14.5. The Morgan fingerprint density at radius 2 is 0.520 bits per heavy atom. The van der Waals surface area contributed by atoms with Gasteiger partial charge in [0.2, 0.25) is 0 Å². The molecule has 0 radical (unpaired) electrons. The molecule has 6 heteroatoms. The minimum Gasteiger partial charge on any atom is -0.462 e. The second-order valence-corrected chi connectivity index (χ2v) is 22.0. The molecule has 0 aromatic heterocycles. The Balaban J connectivity index is 4.36. The van der Waals surface area contributed by atoms with E-state index in [0.717, 1.165) is 96.3 Å². The van der Waals surface area contributed by atoms with E-state index in [0.29, 0.717) is 19.3 Å². The smallest absolute Gasteiger partial charge is 0.306 e. The van der Waals surface area contributed by atoms with Gasteiger partial charge in [-0.1, -0.05) is 300 Å². The number of carbonyl (C=O) groups excluding carboxylic acids is 3. The summed E-state index contributed by atoms with van der Waals surface area (Å²) < 4.78 is 17.0. The summed E-state index contributed by atoms with van der Waals surface area (Å²) in [6, 6.07) is 0. The lowest BCUT2D eigenvalue weighted by Crippen LogP contribution is -2.30. The van der Waals surface area contributed by atoms with E-state index in [1.54, 1.807) is 0 Å². The molecule has 0 spiro atoms. The van der Waals surface area contributed by atoms with Crippen molar-refractivity contribution < 1.29 is 28.6 Å². The molecule has 75 heavy (non-hydrogen) atoms. The number of unbranched alkanes of at least 4 members (excludes halogenated alkanes) is 39. The van der Waals surface area contributed by atoms with Crippen LogP contribution in [0.1, 0.15) is 342 Å². The van der Waals surface area contributed by atoms with Crippen molar-refractivity contribution in [2.75, 3.05) is 13.2 Å². The van der Waals surface area contributed by atoms with Gasteiger partial charge in [-0.2, -0.15) is 0 Å². The molecule has 0 saturated carbocycles. The minimum absolute atomic E-state index is 0.0772. The van der Waals surface area contributed by atoms with Crippen molar-refractivity contribution in [2.24, 2.45) is 0 Å². The standard InChI is InChI=1S/C69H124O6/c1-4-7-10-13-16-19-22-25-28-31-33-34-36-38-41-44-47-50-53-56-59-62-68(71)74-65-66(64-73-67(70)61-58-55-52-49-46-43-40-37-30-27-24-21-18-15-12-9-6-3)75-69(72)63-60-57-54-51-48-45-42-39-35-32-29-26-23-20-17-14-11-8-5-2/h8,11,17,20,26,29,31,33,35,39,66H,4-7,9-10,12-16,18-19,21-25,27-28,30,32,34,36-38,40-65H2,1-3H3/b11-8-,20-17-,29-26-,33-31-,39-35-. The molecule has 436 valence electrons. The molecule has 0 aromatic rings. The van der Waals surface area contributed by atoms with Crippen molar-refractivity contribution in [2.45, 2.75) is 348 Å². The second-order valence-electron chi connectivity index (χ2n) is 22.0. The Morgan fingerprint density at radius 1 is 0.280 bits per heavy atom. The van der Waals surface area contributed by atoms with E-state index in [9.17, 15) is 14.4 Å². The van der Waals surface area contributed by atoms with E-state index in [-0.39, 0.29) is 31.1 Å². The molecular formula is C69H124O6. The molecule has 1 atom stereocenters. The summed E-state index contributed by atoms with van der Waals surface area (Å²) in [5.74, 6) is -0.873. The quantitative estimate of drug-likeness (QED) is 0.0261. The number of carbonyl (C=O) groups is 3. The fourth-order valence-corrected chi connectivity index (χ4v) is 9.61. The van der Waals surface area contributed by atoms with Crippen LogP contribution in [0, 0.1) is 0 Å². The maximum atomic E-state index is 12.9. The molecular weight excluding hydrogens is 925 g/mol. The SMILES string of the molecule is CC/C=C\C/C=C\C/C=C\C/C=C\CCCCCCCCC(=O)OC(COC(=O)CCCCCCCCCCC/C=C\CCCCCCCCCC)COC(=O)CCCCCCCCCCCCCCCCCCC. The van der Waals surface area contributed by atoms with Gasteiger partial charge in [-0.15, -0.1) is 0 Å². The molecule has 0 saturated heterocycles. The van der Waals surface area contributed by atoms with Crippen LogP contribution in [0.25, 0.3) is 0 Å². The molecule has 0 heterocycles. The Labute approximate surface area is 466 Å². The van der Waals surface area contributed by atoms with Gasteiger partial charge in [0.1, 0.15) is 13.2 Å². The molecule has 0 aromatic carbocycles. The van der Waals surface area contributed by atoms with E-state index in [1.807, 2.05) is 0 Å². The second kappa shape index (κ2) is 63.6. The van der Waals surface area contributed by atoms with Crippen molar-refractivity contribution in [1.29, 1.82) is 0 Å². The highest BCUT2D eigenvalue weighted by Gasteiger charge is 2.19. The summed E-state index contributed by atoms with van der Waals surface area (Å²) >= 11 is 0. The molecule has 0 amide bonds. The number of hydrogen-bond donors (Lipinski definition) is 0. The molecule has 0 aliphatic rings. The Hall–Kier alpha value is -2.89. The van der Waals surface area contributed by atoms with Crippen LogP contribution in [0.15, 0.2) is 60.8 Å². The zero-order chi connectivity index (χ0) is 54.3. The van der Waals surface area contributed by atoms with Gasteiger partial charge in [-0.25, -0.2) is 0 Å². The fraction of sp³-hybridized carbons (Fsp3) is 0.812. The lowest BCUT2D eigenvalue weighted by atomic mass is 10.0. The third-order valence-electron chi connectivity index (χ3n) is 14.5. The van der Waals surface area contributed by atoms with Gasteiger partial charge in [-0.3, -0.25) is 14.4 Å². The van der Waals surface area contributed by atoms with Crippen LogP contribution in [-0.4, -0.2) is 37.2 Å². The maximum absolute atomic E-state index is 12.9. The van der Waals surface area contributed by atoms with Crippen LogP contribution in [0.5, 0.6) is 0 Å². The average Bonchev–Trinajstić information content (AvgIpc) is 3.41. The molecule has 0 N–H and O–H groups in total. The first-order chi connectivity index (χ1) is 37.0. The minimum atomic E-state index is -0.782. The number of allylic oxidation sites excluding steroid dienone is 10. The summed E-state index contributed by atoms with van der Waals surface area (Å²) in [6.07, 6.45) is 80.8. The summed E-state index contributed by atoms with van der Waals surface area (Å²) in [5.41, 5.74) is 0. The van der Waals surface area contributed by atoms with Crippen molar-refractivity contribution in [1.82, 2.24) is 0 Å². The zero-order valence-corrected chi connectivity index (χ0v) is 50.1. The number of ether oxygens (including phenoxy) is 3.